The number of hydrogen-bond donors (Lipinski definition) is 3. The molecule has 2 aromatic heterocycles. The van der Waals surface area contributed by atoms with Gasteiger partial charge in [-0.05, 0) is 68.0 Å². The molecule has 0 amide bonds. The molecular weight excluding hydrogens is 565 g/mol. The Hall–Kier alpha value is -3.60. The van der Waals surface area contributed by atoms with Crippen LogP contribution in [0.5, 0.6) is 0 Å². The van der Waals surface area contributed by atoms with Gasteiger partial charge in [-0.3, -0.25) is 14.2 Å². The van der Waals surface area contributed by atoms with Crippen LogP contribution in [0.15, 0.2) is 83.7 Å². The van der Waals surface area contributed by atoms with Crippen molar-refractivity contribution in [2.45, 2.75) is 44.9 Å². The monoisotopic (exact) mass is 596 g/mol. The Labute approximate surface area is 268 Å². The molecule has 218 valence electrons. The van der Waals surface area contributed by atoms with Crippen molar-refractivity contribution >= 4 is 63.4 Å². The van der Waals surface area contributed by atoms with Gasteiger partial charge in [0.05, 0.1) is 24.1 Å². The third-order valence-electron chi connectivity index (χ3n) is 7.20. The van der Waals surface area contributed by atoms with E-state index in [1.807, 2.05) is 42.7 Å². The number of hydrogen-bond acceptors (Lipinski definition) is 4. The summed E-state index contributed by atoms with van der Waals surface area (Å²) in [4.78, 5) is 25.4. The minimum absolute atomic E-state index is 0. The van der Waals surface area contributed by atoms with Gasteiger partial charge in [-0.15, -0.1) is 0 Å². The van der Waals surface area contributed by atoms with Gasteiger partial charge in [-0.25, -0.2) is 8.78 Å². The van der Waals surface area contributed by atoms with Gasteiger partial charge in [0, 0.05) is 40.2 Å². The normalized spacial score (nSPS) is 13.1. The van der Waals surface area contributed by atoms with Gasteiger partial charge in [0.1, 0.15) is 17.2 Å². The Kier molecular flexibility index (Phi) is 10.0. The first kappa shape index (κ1) is 32.3. The number of pyridine rings is 1. The number of rotatable bonds is 9. The van der Waals surface area contributed by atoms with Crippen molar-refractivity contribution in [1.82, 2.24) is 9.13 Å². The molecule has 0 spiro atoms. The second-order valence-corrected chi connectivity index (χ2v) is 10.5. The van der Waals surface area contributed by atoms with Crippen molar-refractivity contribution in [1.29, 1.82) is 0 Å². The first-order valence-corrected chi connectivity index (χ1v) is 13.6. The van der Waals surface area contributed by atoms with Crippen LogP contribution in [-0.2, 0) is 4.79 Å². The predicted octanol–water partition coefficient (Wildman–Crippen LogP) is 5.42. The van der Waals surface area contributed by atoms with Crippen LogP contribution < -0.4 is 5.56 Å². The maximum absolute atomic E-state index is 14.4. The Balaban J connectivity index is 0.00000423. The fourth-order valence-corrected chi connectivity index (χ4v) is 5.48. The molecule has 3 aromatic carbocycles. The molecular formula is C33H31F2N2NaO5. The van der Waals surface area contributed by atoms with Crippen molar-refractivity contribution < 1.29 is 28.9 Å². The summed E-state index contributed by atoms with van der Waals surface area (Å²) in [6.07, 6.45) is -0.0311. The van der Waals surface area contributed by atoms with Crippen molar-refractivity contribution in [3.05, 3.63) is 107 Å². The van der Waals surface area contributed by atoms with Gasteiger partial charge >= 0.3 is 35.5 Å². The molecule has 3 N–H and O–H groups in total. The number of fused-ring (bicyclic) bond motifs is 3. The van der Waals surface area contributed by atoms with Crippen LogP contribution in [0.25, 0.3) is 44.7 Å². The van der Waals surface area contributed by atoms with Gasteiger partial charge in [0.15, 0.2) is 0 Å². The summed E-state index contributed by atoms with van der Waals surface area (Å²) in [7, 11) is 0. The number of carbonyl (C=O) groups is 1. The summed E-state index contributed by atoms with van der Waals surface area (Å²) in [5, 5.41) is 31.0. The summed E-state index contributed by atoms with van der Waals surface area (Å²) in [5.74, 6) is -2.03. The van der Waals surface area contributed by atoms with Crippen molar-refractivity contribution in [3.63, 3.8) is 0 Å². The van der Waals surface area contributed by atoms with E-state index in [1.165, 1.54) is 47.0 Å². The Bertz CT molecular complexity index is 1860. The van der Waals surface area contributed by atoms with Gasteiger partial charge in [0.2, 0.25) is 0 Å². The van der Waals surface area contributed by atoms with Gasteiger partial charge in [-0.2, -0.15) is 0 Å². The van der Waals surface area contributed by atoms with E-state index >= 15 is 0 Å². The van der Waals surface area contributed by atoms with Crippen LogP contribution in [0, 0.1) is 11.6 Å². The zero-order chi connectivity index (χ0) is 30.1. The Morgan fingerprint density at radius 2 is 1.53 bits per heavy atom. The molecule has 2 atom stereocenters. The quantitative estimate of drug-likeness (QED) is 0.197. The summed E-state index contributed by atoms with van der Waals surface area (Å²) < 4.78 is 31.2. The van der Waals surface area contributed by atoms with Crippen molar-refractivity contribution in [3.8, 4) is 16.8 Å². The summed E-state index contributed by atoms with van der Waals surface area (Å²) >= 11 is 0. The van der Waals surface area contributed by atoms with Gasteiger partial charge in [-0.1, -0.05) is 36.4 Å². The average molecular weight is 597 g/mol. The van der Waals surface area contributed by atoms with Crippen LogP contribution in [0.2, 0.25) is 0 Å². The van der Waals surface area contributed by atoms with E-state index in [1.54, 1.807) is 18.2 Å². The molecule has 0 saturated heterocycles. The van der Waals surface area contributed by atoms with E-state index in [4.69, 9.17) is 5.11 Å². The third-order valence-corrected chi connectivity index (χ3v) is 7.20. The van der Waals surface area contributed by atoms with Crippen molar-refractivity contribution in [2.24, 2.45) is 0 Å². The molecule has 0 fully saturated rings. The second-order valence-electron chi connectivity index (χ2n) is 10.5. The van der Waals surface area contributed by atoms with Crippen molar-refractivity contribution in [2.75, 3.05) is 0 Å². The van der Waals surface area contributed by atoms with Crippen LogP contribution in [0.1, 0.15) is 38.4 Å². The predicted molar refractivity (Wildman–Crippen MR) is 166 cm³/mol. The molecule has 0 saturated carbocycles. The molecule has 0 aliphatic rings. The number of carboxylic acid groups (broad SMARTS) is 1. The summed E-state index contributed by atoms with van der Waals surface area (Å²) in [6.45, 7) is 3.82. The van der Waals surface area contributed by atoms with Crippen LogP contribution in [0.3, 0.4) is 0 Å². The van der Waals surface area contributed by atoms with E-state index in [0.29, 0.717) is 38.9 Å². The minimum atomic E-state index is -1.25. The molecule has 0 aliphatic carbocycles. The molecule has 5 rings (SSSR count). The Morgan fingerprint density at radius 1 is 0.930 bits per heavy atom. The number of aliphatic hydroxyl groups is 2. The fraction of sp³-hybridized carbons (Fsp3) is 0.212. The van der Waals surface area contributed by atoms with Gasteiger partial charge < -0.3 is 19.9 Å². The number of aliphatic carboxylic acids is 1. The molecule has 5 aromatic rings. The topological polar surface area (TPSA) is 105 Å². The molecule has 2 heterocycles. The zero-order valence-electron chi connectivity index (χ0n) is 23.0. The molecule has 0 unspecified atom stereocenters. The number of carboxylic acids is 1. The second kappa shape index (κ2) is 13.4. The van der Waals surface area contributed by atoms with E-state index in [2.05, 4.69) is 0 Å². The van der Waals surface area contributed by atoms with E-state index in [-0.39, 0.29) is 47.6 Å². The average Bonchev–Trinajstić information content (AvgIpc) is 3.29. The number of benzene rings is 3. The fourth-order valence-electron chi connectivity index (χ4n) is 5.48. The maximum atomic E-state index is 14.4. The first-order valence-electron chi connectivity index (χ1n) is 13.6. The third kappa shape index (κ3) is 6.51. The number of aromatic nitrogens is 2. The molecule has 10 heteroatoms. The number of aliphatic hydroxyl groups excluding tert-OH is 2. The van der Waals surface area contributed by atoms with E-state index < -0.39 is 36.2 Å². The number of para-hydroxylation sites is 1. The number of halogens is 2. The standard InChI is InChI=1S/C33H30F2N2O5.Na.H/c1-19(2)36-28(16-15-24(38)17-25(39)18-29(40)41)30(20-7-9-21(34)10-8-20)31-26-5-3-4-6-27(26)37(33(42)32(31)36)23-13-11-22(35)12-14-23;;/h3-16,19,24-25,38-39H,17-18H2,1-2H3,(H,40,41);;/t24-,25+;;/m0../s1. The SMILES string of the molecule is CC(C)n1c(C=C[C@H](O)C[C@@H](O)CC(=O)O)c(-c2ccc(F)cc2)c2c3ccccc3n(-c3ccc(F)cc3)c(=O)c21.[NaH]. The molecule has 0 aliphatic heterocycles. The molecule has 0 radical (unpaired) electrons. The van der Waals surface area contributed by atoms with Crippen LogP contribution >= 0.6 is 0 Å². The van der Waals surface area contributed by atoms with Crippen LogP contribution in [-0.4, -0.2) is 72.2 Å². The molecule has 7 nitrogen and oxygen atoms in total. The van der Waals surface area contributed by atoms with E-state index in [0.717, 1.165) is 5.39 Å². The van der Waals surface area contributed by atoms with E-state index in [9.17, 15) is 28.6 Å². The molecule has 0 bridgehead atoms. The molecule has 43 heavy (non-hydrogen) atoms. The number of nitrogens with zero attached hydrogens (tertiary/aromatic N) is 2. The summed E-state index contributed by atoms with van der Waals surface area (Å²) in [6, 6.07) is 18.7. The summed E-state index contributed by atoms with van der Waals surface area (Å²) in [5.41, 5.74) is 2.96. The Morgan fingerprint density at radius 3 is 2.14 bits per heavy atom. The zero-order valence-corrected chi connectivity index (χ0v) is 23.0. The van der Waals surface area contributed by atoms with Crippen LogP contribution in [0.4, 0.5) is 8.78 Å². The van der Waals surface area contributed by atoms with Gasteiger partial charge in [0.25, 0.3) is 5.56 Å². The first-order chi connectivity index (χ1) is 20.1.